The number of anilines is 1. The van der Waals surface area contributed by atoms with Crippen molar-refractivity contribution < 1.29 is 5.11 Å². The maximum Gasteiger partial charge on any atom is 0.140 e. The average molecular weight is 363 g/mol. The van der Waals surface area contributed by atoms with Crippen LogP contribution in [0.3, 0.4) is 0 Å². The zero-order valence-corrected chi connectivity index (χ0v) is 17.8. The van der Waals surface area contributed by atoms with Crippen LogP contribution in [0.5, 0.6) is 5.75 Å². The summed E-state index contributed by atoms with van der Waals surface area (Å²) >= 11 is 0. The molecule has 0 aliphatic heterocycles. The second-order valence-corrected chi connectivity index (χ2v) is 7.81. The number of nitrogens with one attached hydrogen (secondary N) is 1. The lowest BCUT2D eigenvalue weighted by Crippen LogP contribution is -2.07. The Labute approximate surface area is 162 Å². The van der Waals surface area contributed by atoms with Crippen LogP contribution in [0.1, 0.15) is 107 Å². The number of rotatable bonds is 15. The number of unbranched alkanes of at least 4 members (excludes halogenated alkanes) is 12. The lowest BCUT2D eigenvalue weighted by Gasteiger charge is -2.13. The molecule has 3 nitrogen and oxygen atoms in total. The second kappa shape index (κ2) is 13.9. The molecule has 0 radical (unpaired) electrons. The largest absolute Gasteiger partial charge is 0.506 e. The van der Waals surface area contributed by atoms with Crippen LogP contribution in [0.2, 0.25) is 0 Å². The highest BCUT2D eigenvalue weighted by Crippen LogP contribution is 2.27. The Bertz CT molecular complexity index is 499. The molecule has 1 heterocycles. The molecule has 2 N–H and O–H groups in total. The lowest BCUT2D eigenvalue weighted by molar-refractivity contribution is 0.463. The van der Waals surface area contributed by atoms with Crippen molar-refractivity contribution in [3.05, 3.63) is 16.8 Å². The Kier molecular flexibility index (Phi) is 12.2. The summed E-state index contributed by atoms with van der Waals surface area (Å²) in [5.74, 6) is 1.26. The highest BCUT2D eigenvalue weighted by Gasteiger charge is 2.10. The van der Waals surface area contributed by atoms with E-state index in [9.17, 15) is 5.11 Å². The summed E-state index contributed by atoms with van der Waals surface area (Å²) in [6, 6.07) is 0. The third kappa shape index (κ3) is 8.91. The van der Waals surface area contributed by atoms with Crippen molar-refractivity contribution in [3.8, 4) is 5.75 Å². The van der Waals surface area contributed by atoms with Crippen LogP contribution in [-0.2, 0) is 0 Å². The van der Waals surface area contributed by atoms with Gasteiger partial charge in [0.2, 0.25) is 0 Å². The molecule has 0 fully saturated rings. The van der Waals surface area contributed by atoms with E-state index >= 15 is 0 Å². The molecule has 0 bridgehead atoms. The Morgan fingerprint density at radius 2 is 1.15 bits per heavy atom. The van der Waals surface area contributed by atoms with Crippen LogP contribution in [0, 0.1) is 20.8 Å². The molecule has 150 valence electrons. The summed E-state index contributed by atoms with van der Waals surface area (Å²) in [7, 11) is 0. The van der Waals surface area contributed by atoms with Crippen LogP contribution in [0.4, 0.5) is 5.82 Å². The van der Waals surface area contributed by atoms with Crippen molar-refractivity contribution in [1.29, 1.82) is 0 Å². The first-order valence-electron chi connectivity index (χ1n) is 11.0. The normalized spacial score (nSPS) is 11.1. The van der Waals surface area contributed by atoms with Crippen LogP contribution in [0.25, 0.3) is 0 Å². The topological polar surface area (TPSA) is 45.2 Å². The number of hydrogen-bond acceptors (Lipinski definition) is 3. The molecule has 1 aromatic heterocycles. The first-order chi connectivity index (χ1) is 12.6. The van der Waals surface area contributed by atoms with E-state index in [0.717, 1.165) is 23.5 Å². The van der Waals surface area contributed by atoms with Crippen LogP contribution < -0.4 is 5.32 Å². The van der Waals surface area contributed by atoms with Crippen LogP contribution in [-0.4, -0.2) is 16.6 Å². The molecule has 0 spiro atoms. The van der Waals surface area contributed by atoms with E-state index < -0.39 is 0 Å². The van der Waals surface area contributed by atoms with Gasteiger partial charge in [-0.2, -0.15) is 0 Å². The molecule has 0 unspecified atom stereocenters. The molecule has 0 aliphatic rings. The van der Waals surface area contributed by atoms with E-state index in [4.69, 9.17) is 0 Å². The van der Waals surface area contributed by atoms with Gasteiger partial charge in [0.05, 0.1) is 5.69 Å². The van der Waals surface area contributed by atoms with Crippen molar-refractivity contribution in [2.24, 2.45) is 0 Å². The summed E-state index contributed by atoms with van der Waals surface area (Å²) in [5.41, 5.74) is 2.70. The van der Waals surface area contributed by atoms with Gasteiger partial charge in [-0.05, 0) is 38.3 Å². The number of hydrogen-bond donors (Lipinski definition) is 2. The molecule has 1 aromatic rings. The summed E-state index contributed by atoms with van der Waals surface area (Å²) in [6.07, 6.45) is 18.0. The molecular formula is C23H42N2O. The Balaban J connectivity index is 1.97. The summed E-state index contributed by atoms with van der Waals surface area (Å²) in [4.78, 5) is 4.47. The van der Waals surface area contributed by atoms with Gasteiger partial charge >= 0.3 is 0 Å². The van der Waals surface area contributed by atoms with Crippen molar-refractivity contribution in [2.75, 3.05) is 11.9 Å². The summed E-state index contributed by atoms with van der Waals surface area (Å²) in [6.45, 7) is 9.08. The minimum Gasteiger partial charge on any atom is -0.506 e. The molecular weight excluding hydrogens is 320 g/mol. The van der Waals surface area contributed by atoms with Gasteiger partial charge in [0.15, 0.2) is 0 Å². The van der Waals surface area contributed by atoms with E-state index in [2.05, 4.69) is 17.2 Å². The van der Waals surface area contributed by atoms with Crippen molar-refractivity contribution in [2.45, 2.75) is 111 Å². The highest BCUT2D eigenvalue weighted by atomic mass is 16.3. The number of aromatic nitrogens is 1. The number of aromatic hydroxyl groups is 1. The second-order valence-electron chi connectivity index (χ2n) is 7.81. The molecule has 0 aromatic carbocycles. The van der Waals surface area contributed by atoms with E-state index in [0.29, 0.717) is 11.4 Å². The predicted molar refractivity (Wildman–Crippen MR) is 114 cm³/mol. The fraction of sp³-hybridized carbons (Fsp3) is 0.783. The third-order valence-electron chi connectivity index (χ3n) is 5.47. The van der Waals surface area contributed by atoms with Gasteiger partial charge in [0.1, 0.15) is 11.6 Å². The Hall–Kier alpha value is -1.25. The van der Waals surface area contributed by atoms with Gasteiger partial charge in [-0.3, -0.25) is 0 Å². The zero-order valence-electron chi connectivity index (χ0n) is 17.8. The van der Waals surface area contributed by atoms with Crippen molar-refractivity contribution >= 4 is 5.82 Å². The van der Waals surface area contributed by atoms with Gasteiger partial charge in [0, 0.05) is 6.54 Å². The van der Waals surface area contributed by atoms with E-state index in [1.54, 1.807) is 0 Å². The molecule has 0 atom stereocenters. The zero-order chi connectivity index (χ0) is 19.2. The molecule has 0 saturated carbocycles. The average Bonchev–Trinajstić information content (AvgIpc) is 2.64. The smallest absolute Gasteiger partial charge is 0.140 e. The van der Waals surface area contributed by atoms with E-state index in [1.807, 2.05) is 20.8 Å². The molecule has 26 heavy (non-hydrogen) atoms. The minimum atomic E-state index is 0.328. The van der Waals surface area contributed by atoms with E-state index in [-0.39, 0.29) is 0 Å². The highest BCUT2D eigenvalue weighted by molar-refractivity contribution is 5.54. The van der Waals surface area contributed by atoms with Gasteiger partial charge in [0.25, 0.3) is 0 Å². The number of nitrogens with zero attached hydrogens (tertiary/aromatic N) is 1. The van der Waals surface area contributed by atoms with Crippen LogP contribution in [0.15, 0.2) is 0 Å². The molecule has 0 amide bonds. The number of aryl methyl sites for hydroxylation is 1. The first kappa shape index (κ1) is 22.8. The minimum absolute atomic E-state index is 0.328. The molecule has 3 heteroatoms. The fourth-order valence-corrected chi connectivity index (χ4v) is 3.45. The van der Waals surface area contributed by atoms with Gasteiger partial charge in [-0.15, -0.1) is 0 Å². The van der Waals surface area contributed by atoms with Crippen LogP contribution >= 0.6 is 0 Å². The fourth-order valence-electron chi connectivity index (χ4n) is 3.45. The van der Waals surface area contributed by atoms with E-state index in [1.165, 1.54) is 83.5 Å². The third-order valence-corrected chi connectivity index (χ3v) is 5.47. The SMILES string of the molecule is CCCCCCCCCCCCCCCNc1nc(C)c(O)c(C)c1C. The molecule has 0 saturated heterocycles. The standard InChI is InChI=1S/C23H42N2O/c1-5-6-7-8-9-10-11-12-13-14-15-16-17-18-24-23-20(3)19(2)22(26)21(4)25-23/h26H,5-18H2,1-4H3,(H,24,25). The summed E-state index contributed by atoms with van der Waals surface area (Å²) < 4.78 is 0. The lowest BCUT2D eigenvalue weighted by atomic mass is 10.0. The molecule has 0 aliphatic carbocycles. The quantitative estimate of drug-likeness (QED) is 0.324. The van der Waals surface area contributed by atoms with Gasteiger partial charge < -0.3 is 10.4 Å². The maximum absolute atomic E-state index is 9.92. The monoisotopic (exact) mass is 362 g/mol. The predicted octanol–water partition coefficient (Wildman–Crippen LogP) is 7.22. The molecule has 1 rings (SSSR count). The summed E-state index contributed by atoms with van der Waals surface area (Å²) in [5, 5.41) is 13.4. The Morgan fingerprint density at radius 3 is 1.65 bits per heavy atom. The maximum atomic E-state index is 9.92. The Morgan fingerprint density at radius 1 is 0.692 bits per heavy atom. The van der Waals surface area contributed by atoms with Gasteiger partial charge in [-0.25, -0.2) is 4.98 Å². The van der Waals surface area contributed by atoms with Crippen molar-refractivity contribution in [3.63, 3.8) is 0 Å². The van der Waals surface area contributed by atoms with Crippen molar-refractivity contribution in [1.82, 2.24) is 4.98 Å². The number of pyridine rings is 1. The first-order valence-corrected chi connectivity index (χ1v) is 11.0. The van der Waals surface area contributed by atoms with Gasteiger partial charge in [-0.1, -0.05) is 84.0 Å².